The number of hydrogen-bond donors (Lipinski definition) is 2. The lowest BCUT2D eigenvalue weighted by atomic mass is 10.1. The second kappa shape index (κ2) is 6.20. The third-order valence-electron chi connectivity index (χ3n) is 2.25. The van der Waals surface area contributed by atoms with Gasteiger partial charge in [0.05, 0.1) is 31.1 Å². The summed E-state index contributed by atoms with van der Waals surface area (Å²) in [6.07, 6.45) is 3.15. The number of nitrogens with one attached hydrogen (secondary N) is 1. The highest BCUT2D eigenvalue weighted by atomic mass is 16.5. The van der Waals surface area contributed by atoms with E-state index in [1.54, 1.807) is 17.1 Å². The van der Waals surface area contributed by atoms with E-state index in [1.807, 2.05) is 13.8 Å². The van der Waals surface area contributed by atoms with E-state index in [0.717, 1.165) is 5.75 Å². The zero-order chi connectivity index (χ0) is 13.8. The molecule has 1 heterocycles. The van der Waals surface area contributed by atoms with Crippen LogP contribution in [-0.2, 0) is 6.54 Å². The largest absolute Gasteiger partial charge is 0.488 e. The van der Waals surface area contributed by atoms with Crippen molar-refractivity contribution in [3.8, 4) is 5.75 Å². The quantitative estimate of drug-likeness (QED) is 0.807. The van der Waals surface area contributed by atoms with Gasteiger partial charge in [-0.15, -0.1) is 0 Å². The van der Waals surface area contributed by atoms with E-state index in [-0.39, 0.29) is 11.6 Å². The Balaban J connectivity index is 2.40. The Hall–Kier alpha value is -1.07. The van der Waals surface area contributed by atoms with Gasteiger partial charge < -0.3 is 15.2 Å². The fourth-order valence-electron chi connectivity index (χ4n) is 1.48. The minimum absolute atomic E-state index is 0.0109. The zero-order valence-electron chi connectivity index (χ0n) is 12.0. The fourth-order valence-corrected chi connectivity index (χ4v) is 1.48. The van der Waals surface area contributed by atoms with Crippen molar-refractivity contribution in [2.45, 2.75) is 58.9 Å². The maximum Gasteiger partial charge on any atom is 0.157 e. The van der Waals surface area contributed by atoms with E-state index in [9.17, 15) is 5.11 Å². The summed E-state index contributed by atoms with van der Waals surface area (Å²) in [6, 6.07) is 0. The molecular formula is C13H25N3O2. The number of aliphatic hydroxyl groups excluding tert-OH is 1. The second-order valence-electron chi connectivity index (χ2n) is 5.85. The summed E-state index contributed by atoms with van der Waals surface area (Å²) in [7, 11) is 0. The first-order valence-electron chi connectivity index (χ1n) is 6.38. The van der Waals surface area contributed by atoms with Crippen LogP contribution in [0.25, 0.3) is 0 Å². The molecule has 5 nitrogen and oxygen atoms in total. The van der Waals surface area contributed by atoms with Crippen molar-refractivity contribution in [1.82, 2.24) is 15.1 Å². The molecule has 1 rings (SSSR count). The fraction of sp³-hybridized carbons (Fsp3) is 0.769. The monoisotopic (exact) mass is 255 g/mol. The van der Waals surface area contributed by atoms with Gasteiger partial charge in [0.1, 0.15) is 0 Å². The standard InChI is InChI=1S/C13H25N3O2/c1-10(2)18-12-7-15-16(9-12)8-11(17)6-14-13(3,4)5/h7,9-11,14,17H,6,8H2,1-5H3. The molecule has 0 fully saturated rings. The summed E-state index contributed by atoms with van der Waals surface area (Å²) < 4.78 is 7.21. The highest BCUT2D eigenvalue weighted by Crippen LogP contribution is 2.10. The van der Waals surface area contributed by atoms with Gasteiger partial charge in [0.2, 0.25) is 0 Å². The number of β-amino-alcohol motifs (C(OH)–C–C–N with tert-alkyl or cyclic N) is 1. The Labute approximate surface area is 109 Å². The van der Waals surface area contributed by atoms with Crippen LogP contribution in [0.15, 0.2) is 12.4 Å². The lowest BCUT2D eigenvalue weighted by Crippen LogP contribution is -2.42. The molecule has 1 aromatic rings. The van der Waals surface area contributed by atoms with Crippen LogP contribution < -0.4 is 10.1 Å². The molecule has 5 heteroatoms. The Morgan fingerprint density at radius 2 is 2.11 bits per heavy atom. The van der Waals surface area contributed by atoms with E-state index in [4.69, 9.17) is 4.74 Å². The van der Waals surface area contributed by atoms with Gasteiger partial charge in [0, 0.05) is 12.1 Å². The van der Waals surface area contributed by atoms with Crippen LogP contribution in [0.2, 0.25) is 0 Å². The number of rotatable bonds is 6. The number of hydrogen-bond acceptors (Lipinski definition) is 4. The molecule has 18 heavy (non-hydrogen) atoms. The Bertz CT molecular complexity index is 355. The van der Waals surface area contributed by atoms with Crippen LogP contribution in [0.4, 0.5) is 0 Å². The third kappa shape index (κ3) is 6.02. The minimum atomic E-state index is -0.462. The summed E-state index contributed by atoms with van der Waals surface area (Å²) in [4.78, 5) is 0. The molecule has 1 unspecified atom stereocenters. The lowest BCUT2D eigenvalue weighted by molar-refractivity contribution is 0.137. The normalized spacial score (nSPS) is 13.9. The Morgan fingerprint density at radius 3 is 2.67 bits per heavy atom. The zero-order valence-corrected chi connectivity index (χ0v) is 12.0. The molecule has 0 aliphatic heterocycles. The van der Waals surface area contributed by atoms with Gasteiger partial charge >= 0.3 is 0 Å². The Morgan fingerprint density at radius 1 is 1.44 bits per heavy atom. The van der Waals surface area contributed by atoms with E-state index < -0.39 is 6.10 Å². The van der Waals surface area contributed by atoms with Crippen LogP contribution in [-0.4, -0.2) is 39.2 Å². The van der Waals surface area contributed by atoms with Gasteiger partial charge in [0.25, 0.3) is 0 Å². The summed E-state index contributed by atoms with van der Waals surface area (Å²) in [5, 5.41) is 17.3. The van der Waals surface area contributed by atoms with Crippen LogP contribution in [0.3, 0.4) is 0 Å². The maximum atomic E-state index is 9.89. The van der Waals surface area contributed by atoms with E-state index in [1.165, 1.54) is 0 Å². The molecule has 0 saturated heterocycles. The van der Waals surface area contributed by atoms with Gasteiger partial charge in [-0.05, 0) is 34.6 Å². The van der Waals surface area contributed by atoms with E-state index in [0.29, 0.717) is 13.1 Å². The van der Waals surface area contributed by atoms with Gasteiger partial charge in [0.15, 0.2) is 5.75 Å². The molecule has 104 valence electrons. The smallest absolute Gasteiger partial charge is 0.157 e. The van der Waals surface area contributed by atoms with Crippen molar-refractivity contribution in [2.24, 2.45) is 0 Å². The third-order valence-corrected chi connectivity index (χ3v) is 2.25. The van der Waals surface area contributed by atoms with Crippen molar-refractivity contribution in [2.75, 3.05) is 6.54 Å². The first-order valence-corrected chi connectivity index (χ1v) is 6.38. The van der Waals surface area contributed by atoms with Crippen LogP contribution in [0, 0.1) is 0 Å². The van der Waals surface area contributed by atoms with Crippen molar-refractivity contribution in [1.29, 1.82) is 0 Å². The molecule has 0 bridgehead atoms. The lowest BCUT2D eigenvalue weighted by Gasteiger charge is -2.22. The van der Waals surface area contributed by atoms with E-state index >= 15 is 0 Å². The molecule has 1 atom stereocenters. The number of aliphatic hydroxyl groups is 1. The molecule has 0 aliphatic carbocycles. The minimum Gasteiger partial charge on any atom is -0.488 e. The van der Waals surface area contributed by atoms with Crippen LogP contribution >= 0.6 is 0 Å². The Kier molecular flexibility index (Phi) is 5.16. The maximum absolute atomic E-state index is 9.89. The molecule has 1 aromatic heterocycles. The van der Waals surface area contributed by atoms with Gasteiger partial charge in [-0.3, -0.25) is 4.68 Å². The van der Waals surface area contributed by atoms with E-state index in [2.05, 4.69) is 31.2 Å². The molecule has 0 aliphatic rings. The molecule has 2 N–H and O–H groups in total. The average Bonchev–Trinajstić information content (AvgIpc) is 2.60. The molecule has 0 amide bonds. The predicted octanol–water partition coefficient (Wildman–Crippen LogP) is 1.42. The van der Waals surface area contributed by atoms with Crippen molar-refractivity contribution in [3.05, 3.63) is 12.4 Å². The number of ether oxygens (including phenoxy) is 1. The average molecular weight is 255 g/mol. The van der Waals surface area contributed by atoms with Crippen molar-refractivity contribution >= 4 is 0 Å². The van der Waals surface area contributed by atoms with Gasteiger partial charge in [-0.2, -0.15) is 5.10 Å². The second-order valence-corrected chi connectivity index (χ2v) is 5.85. The number of aromatic nitrogens is 2. The molecule has 0 radical (unpaired) electrons. The number of nitrogens with zero attached hydrogens (tertiary/aromatic N) is 2. The summed E-state index contributed by atoms with van der Waals surface area (Å²) in [6.45, 7) is 11.2. The van der Waals surface area contributed by atoms with Gasteiger partial charge in [-0.1, -0.05) is 0 Å². The predicted molar refractivity (Wildman–Crippen MR) is 71.8 cm³/mol. The summed E-state index contributed by atoms with van der Waals surface area (Å²) >= 11 is 0. The highest BCUT2D eigenvalue weighted by molar-refractivity contribution is 5.11. The first kappa shape index (κ1) is 15.0. The van der Waals surface area contributed by atoms with Crippen LogP contribution in [0.5, 0.6) is 5.75 Å². The SMILES string of the molecule is CC(C)Oc1cnn(CC(O)CNC(C)(C)C)c1. The van der Waals surface area contributed by atoms with Crippen molar-refractivity contribution in [3.63, 3.8) is 0 Å². The highest BCUT2D eigenvalue weighted by Gasteiger charge is 2.13. The molecular weight excluding hydrogens is 230 g/mol. The molecule has 0 saturated carbocycles. The van der Waals surface area contributed by atoms with Crippen LogP contribution in [0.1, 0.15) is 34.6 Å². The first-order chi connectivity index (χ1) is 8.26. The van der Waals surface area contributed by atoms with Crippen molar-refractivity contribution < 1.29 is 9.84 Å². The summed E-state index contributed by atoms with van der Waals surface area (Å²) in [5.41, 5.74) is 0.0109. The summed E-state index contributed by atoms with van der Waals surface area (Å²) in [5.74, 6) is 0.737. The topological polar surface area (TPSA) is 59.3 Å². The molecule has 0 aromatic carbocycles. The molecule has 0 spiro atoms. The van der Waals surface area contributed by atoms with Gasteiger partial charge in [-0.25, -0.2) is 0 Å².